The Kier molecular flexibility index (Phi) is 4.22. The Morgan fingerprint density at radius 3 is 2.52 bits per heavy atom. The molecule has 0 aliphatic heterocycles. The Balaban J connectivity index is 2.56. The lowest BCUT2D eigenvalue weighted by atomic mass is 9.90. The van der Waals surface area contributed by atoms with Gasteiger partial charge in [0.2, 0.25) is 0 Å². The molecule has 1 aliphatic rings. The molecule has 5 nitrogen and oxygen atoms in total. The summed E-state index contributed by atoms with van der Waals surface area (Å²) in [4.78, 5) is 10.5. The van der Waals surface area contributed by atoms with E-state index < -0.39 is 32.4 Å². The first-order valence-electron chi connectivity index (χ1n) is 6.54. The van der Waals surface area contributed by atoms with Crippen molar-refractivity contribution in [2.75, 3.05) is 13.4 Å². The maximum atomic E-state index is 14.7. The molecule has 7 heteroatoms. The van der Waals surface area contributed by atoms with Crippen molar-refractivity contribution in [3.8, 4) is 5.75 Å². The summed E-state index contributed by atoms with van der Waals surface area (Å²) in [5.74, 6) is -2.40. The molecule has 116 valence electrons. The zero-order chi connectivity index (χ0) is 15.8. The number of methoxy groups -OCH3 is 1. The van der Waals surface area contributed by atoms with Gasteiger partial charge in [-0.15, -0.1) is 0 Å². The van der Waals surface area contributed by atoms with Crippen molar-refractivity contribution in [1.29, 1.82) is 0 Å². The van der Waals surface area contributed by atoms with Crippen LogP contribution in [0.3, 0.4) is 0 Å². The smallest absolute Gasteiger partial charge is 0.303 e. The third kappa shape index (κ3) is 3.34. The predicted molar refractivity (Wildman–Crippen MR) is 73.8 cm³/mol. The number of carboxylic acids is 1. The Morgan fingerprint density at radius 1 is 1.48 bits per heavy atom. The van der Waals surface area contributed by atoms with E-state index in [0.29, 0.717) is 0 Å². The number of hydrogen-bond acceptors (Lipinski definition) is 4. The van der Waals surface area contributed by atoms with E-state index in [9.17, 15) is 17.6 Å². The van der Waals surface area contributed by atoms with E-state index in [1.54, 1.807) is 0 Å². The molecule has 0 bridgehead atoms. The lowest BCUT2D eigenvalue weighted by Crippen LogP contribution is -2.13. The monoisotopic (exact) mass is 316 g/mol. The summed E-state index contributed by atoms with van der Waals surface area (Å²) in [6, 6.07) is 2.81. The second kappa shape index (κ2) is 5.63. The minimum atomic E-state index is -3.81. The highest BCUT2D eigenvalue weighted by Crippen LogP contribution is 2.46. The van der Waals surface area contributed by atoms with Crippen molar-refractivity contribution < 1.29 is 27.4 Å². The molecule has 0 saturated heterocycles. The normalized spacial score (nSPS) is 16.5. The first-order chi connectivity index (χ1) is 9.75. The number of halogens is 1. The molecular formula is C14H17FO5S. The molecular weight excluding hydrogens is 299 g/mol. The minimum absolute atomic E-state index is 0.0661. The number of sulfone groups is 1. The maximum absolute atomic E-state index is 14.7. The molecule has 1 N–H and O–H groups in total. The van der Waals surface area contributed by atoms with Gasteiger partial charge >= 0.3 is 5.97 Å². The summed E-state index contributed by atoms with van der Waals surface area (Å²) in [6.45, 7) is 0. The van der Waals surface area contributed by atoms with E-state index in [2.05, 4.69) is 0 Å². The van der Waals surface area contributed by atoms with E-state index in [0.717, 1.165) is 19.1 Å². The Labute approximate surface area is 122 Å². The van der Waals surface area contributed by atoms with Crippen molar-refractivity contribution in [2.45, 2.75) is 30.1 Å². The molecule has 1 aliphatic carbocycles. The number of carbonyl (C=O) groups is 1. The fourth-order valence-corrected chi connectivity index (χ4v) is 3.52. The summed E-state index contributed by atoms with van der Waals surface area (Å²) in [5, 5.41) is 8.98. The third-order valence-electron chi connectivity index (χ3n) is 3.67. The highest BCUT2D eigenvalue weighted by molar-refractivity contribution is 7.90. The number of benzene rings is 1. The molecule has 0 amide bonds. The number of carboxylic acid groups (broad SMARTS) is 1. The van der Waals surface area contributed by atoms with Gasteiger partial charge in [-0.2, -0.15) is 0 Å². The molecule has 0 radical (unpaired) electrons. The largest absolute Gasteiger partial charge is 0.495 e. The first kappa shape index (κ1) is 15.8. The van der Waals surface area contributed by atoms with Gasteiger partial charge in [0.1, 0.15) is 16.5 Å². The molecule has 1 saturated carbocycles. The van der Waals surface area contributed by atoms with Crippen LogP contribution in [0.4, 0.5) is 4.39 Å². The van der Waals surface area contributed by atoms with E-state index in [-0.39, 0.29) is 23.7 Å². The summed E-state index contributed by atoms with van der Waals surface area (Å²) >= 11 is 0. The Hall–Kier alpha value is -1.63. The quantitative estimate of drug-likeness (QED) is 0.870. The van der Waals surface area contributed by atoms with Gasteiger partial charge in [0.15, 0.2) is 9.84 Å². The van der Waals surface area contributed by atoms with Crippen LogP contribution in [-0.2, 0) is 14.6 Å². The molecule has 1 atom stereocenters. The second-order valence-electron chi connectivity index (χ2n) is 5.31. The van der Waals surface area contributed by atoms with Gasteiger partial charge in [-0.05, 0) is 30.4 Å². The molecule has 1 aromatic carbocycles. The van der Waals surface area contributed by atoms with Crippen molar-refractivity contribution in [2.24, 2.45) is 5.92 Å². The van der Waals surface area contributed by atoms with Crippen molar-refractivity contribution in [3.05, 3.63) is 23.5 Å². The highest BCUT2D eigenvalue weighted by Gasteiger charge is 2.37. The van der Waals surface area contributed by atoms with Gasteiger partial charge in [-0.3, -0.25) is 4.79 Å². The van der Waals surface area contributed by atoms with Crippen LogP contribution in [0.2, 0.25) is 0 Å². The number of hydrogen-bond donors (Lipinski definition) is 1. The molecule has 2 rings (SSSR count). The molecule has 0 heterocycles. The first-order valence-corrected chi connectivity index (χ1v) is 8.43. The second-order valence-corrected chi connectivity index (χ2v) is 7.27. The molecule has 0 aromatic heterocycles. The van der Waals surface area contributed by atoms with Crippen LogP contribution in [0.1, 0.15) is 30.7 Å². The van der Waals surface area contributed by atoms with Crippen LogP contribution in [0.15, 0.2) is 17.0 Å². The van der Waals surface area contributed by atoms with Gasteiger partial charge in [-0.25, -0.2) is 12.8 Å². The SMILES string of the molecule is COc1ccc(C(CC(=O)O)C2CC2)c(F)c1S(C)(=O)=O. The van der Waals surface area contributed by atoms with Crippen LogP contribution in [0.25, 0.3) is 0 Å². The zero-order valence-corrected chi connectivity index (χ0v) is 12.6. The van der Waals surface area contributed by atoms with E-state index in [1.165, 1.54) is 19.2 Å². The number of rotatable bonds is 6. The third-order valence-corrected chi connectivity index (χ3v) is 4.79. The molecule has 0 spiro atoms. The summed E-state index contributed by atoms with van der Waals surface area (Å²) < 4.78 is 43.1. The number of ether oxygens (including phenoxy) is 1. The maximum Gasteiger partial charge on any atom is 0.303 e. The standard InChI is InChI=1S/C14H17FO5S/c1-20-11-6-5-9(13(15)14(11)21(2,18)19)10(7-12(16)17)8-3-4-8/h5-6,8,10H,3-4,7H2,1-2H3,(H,16,17). The van der Waals surface area contributed by atoms with Gasteiger partial charge < -0.3 is 9.84 Å². The zero-order valence-electron chi connectivity index (χ0n) is 11.8. The van der Waals surface area contributed by atoms with Gasteiger partial charge in [0.05, 0.1) is 13.5 Å². The van der Waals surface area contributed by atoms with Gasteiger partial charge in [0, 0.05) is 12.2 Å². The highest BCUT2D eigenvalue weighted by atomic mass is 32.2. The summed E-state index contributed by atoms with van der Waals surface area (Å²) in [6.07, 6.45) is 2.35. The lowest BCUT2D eigenvalue weighted by Gasteiger charge is -2.18. The Bertz CT molecular complexity index is 664. The van der Waals surface area contributed by atoms with E-state index in [1.807, 2.05) is 0 Å². The lowest BCUT2D eigenvalue weighted by molar-refractivity contribution is -0.137. The van der Waals surface area contributed by atoms with Gasteiger partial charge in [-0.1, -0.05) is 6.07 Å². The molecule has 21 heavy (non-hydrogen) atoms. The van der Waals surface area contributed by atoms with Crippen LogP contribution in [0.5, 0.6) is 5.75 Å². The summed E-state index contributed by atoms with van der Waals surface area (Å²) in [7, 11) is -2.55. The van der Waals surface area contributed by atoms with Crippen molar-refractivity contribution in [3.63, 3.8) is 0 Å². The average Bonchev–Trinajstić information content (AvgIpc) is 3.18. The predicted octanol–water partition coefficient (Wildman–Crippen LogP) is 2.21. The molecule has 1 unspecified atom stereocenters. The van der Waals surface area contributed by atoms with E-state index >= 15 is 0 Å². The Morgan fingerprint density at radius 2 is 2.10 bits per heavy atom. The fraction of sp³-hybridized carbons (Fsp3) is 0.500. The van der Waals surface area contributed by atoms with Crippen LogP contribution in [0, 0.1) is 11.7 Å². The van der Waals surface area contributed by atoms with Gasteiger partial charge in [0.25, 0.3) is 0 Å². The fourth-order valence-electron chi connectivity index (χ4n) is 2.56. The van der Waals surface area contributed by atoms with Crippen LogP contribution in [-0.4, -0.2) is 32.9 Å². The topological polar surface area (TPSA) is 80.7 Å². The summed E-state index contributed by atoms with van der Waals surface area (Å²) in [5.41, 5.74) is 0.140. The van der Waals surface area contributed by atoms with Crippen molar-refractivity contribution >= 4 is 15.8 Å². The van der Waals surface area contributed by atoms with E-state index in [4.69, 9.17) is 9.84 Å². The minimum Gasteiger partial charge on any atom is -0.495 e. The molecule has 1 aromatic rings. The van der Waals surface area contributed by atoms with Crippen LogP contribution < -0.4 is 4.74 Å². The molecule has 1 fully saturated rings. The van der Waals surface area contributed by atoms with Crippen molar-refractivity contribution in [1.82, 2.24) is 0 Å². The number of aliphatic carboxylic acids is 1. The van der Waals surface area contributed by atoms with Crippen LogP contribution >= 0.6 is 0 Å². The average molecular weight is 316 g/mol.